The molecule has 4 aliphatic rings. The van der Waals surface area contributed by atoms with Crippen molar-refractivity contribution in [2.45, 2.75) is 76.8 Å². The molecule has 3 fully saturated rings. The van der Waals surface area contributed by atoms with Crippen LogP contribution in [0.3, 0.4) is 0 Å². The molecule has 17 heteroatoms. The van der Waals surface area contributed by atoms with Gasteiger partial charge >= 0.3 is 5.97 Å². The van der Waals surface area contributed by atoms with E-state index in [0.717, 1.165) is 74.1 Å². The van der Waals surface area contributed by atoms with E-state index in [2.05, 4.69) is 201 Å². The van der Waals surface area contributed by atoms with Gasteiger partial charge in [-0.25, -0.2) is 9.97 Å². The number of para-hydroxylation sites is 4. The molecule has 129 heavy (non-hydrogen) atoms. The van der Waals surface area contributed by atoms with E-state index in [1.165, 1.54) is 126 Å². The van der Waals surface area contributed by atoms with Crippen molar-refractivity contribution in [1.82, 2.24) is 55.5 Å². The lowest BCUT2D eigenvalue weighted by Gasteiger charge is -2.36. The van der Waals surface area contributed by atoms with Crippen LogP contribution in [-0.2, 0) is 24.8 Å². The van der Waals surface area contributed by atoms with E-state index in [9.17, 15) is 4.79 Å². The summed E-state index contributed by atoms with van der Waals surface area (Å²) in [5.41, 5.74) is 16.1. The van der Waals surface area contributed by atoms with Crippen molar-refractivity contribution < 1.29 is 14.3 Å². The molecule has 1 saturated carbocycles. The molecule has 1 aliphatic carbocycles. The van der Waals surface area contributed by atoms with Gasteiger partial charge in [-0.2, -0.15) is 10.2 Å². The zero-order chi connectivity index (χ0) is 89.1. The molecule has 10 heterocycles. The number of aromatic amines is 2. The van der Waals surface area contributed by atoms with Gasteiger partial charge in [0.25, 0.3) is 0 Å². The Balaban J connectivity index is 0.000000136. The van der Waals surface area contributed by atoms with E-state index < -0.39 is 5.97 Å². The number of carbonyl (C=O) groups is 1. The number of imidazole rings is 1. The normalized spacial score (nSPS) is 13.1. The lowest BCUT2D eigenvalue weighted by atomic mass is 9.80. The molecule has 24 rings (SSSR count). The standard InChI is InChI=1S/C14H12O2.C12H10.C10H8.C9H9N3.C9H17N.C9H7N.C8H7N.C8H6O.C7H6N2.C7H5NS.C6H6.C5H11N.C5H5N.C3H4N2/c15-14(16)10-11-6-8-13(9-7-11)12-4-2-1-3-5-12;1-3-7-11(8-4-1)12-9-5-2-6-10-12;1-2-6-10-8-4-3-7-9(10)5-1;1-12-7-9(10-11-12)8-5-3-2-4-6-8;2*1-2-6-9-8(4-1)5-3-7-10-9;2*1-2-4-8-7(3-1)5-6-9-8;1-2-4-7-6(3-1)5-8-9-7;1-2-4-7-6(3-1)8-5-9-7;3*1-2-4-6-5-3-1;1-2-5-3-4-1/h1-9H,10H2,(H,15,16);1-10H;1-8H;2-7H,1H3;8-10H,1-7H2;1-7H;1-6,9H;1-6H;1-4H,5H2;1-5H;1-6H;6H,1-5H2;1-5H;1-3H,(H,4,5). The molecule has 16 nitrogen and oxygen atoms in total. The maximum atomic E-state index is 10.5. The number of hydrogen-bond acceptors (Lipinski definition) is 13. The lowest BCUT2D eigenvalue weighted by molar-refractivity contribution is -0.136. The number of benzene rings is 13. The van der Waals surface area contributed by atoms with E-state index in [4.69, 9.17) is 9.52 Å². The fraction of sp³-hybridized carbons (Fsp3) is 0.152. The first-order chi connectivity index (χ1) is 63.8. The summed E-state index contributed by atoms with van der Waals surface area (Å²) in [6.07, 6.45) is 29.0. The van der Waals surface area contributed by atoms with Crippen LogP contribution in [0, 0.1) is 5.92 Å². The fourth-order valence-corrected chi connectivity index (χ4v) is 14.6. The Hall–Kier alpha value is -15.0. The number of thiazole rings is 1. The van der Waals surface area contributed by atoms with Gasteiger partial charge in [-0.15, -0.1) is 16.4 Å². The van der Waals surface area contributed by atoms with Crippen LogP contribution in [0.5, 0.6) is 0 Å². The number of fused-ring (bicyclic) bond motifs is 7. The third-order valence-electron chi connectivity index (χ3n) is 20.5. The molecule has 650 valence electrons. The van der Waals surface area contributed by atoms with Crippen LogP contribution in [-0.4, -0.2) is 81.6 Å². The molecule has 5 N–H and O–H groups in total. The van der Waals surface area contributed by atoms with Crippen molar-refractivity contribution in [3.05, 3.63) is 467 Å². The fourth-order valence-electron chi connectivity index (χ4n) is 13.9. The SMILES string of the molecule is C1CCC2NCCCC2C1.C1CCNCC1.Cn1cc(-c2ccccc2)nn1.O=C(O)Cc1ccc(-c2ccccc2)cc1.c1c[nH]cn1.c1ccc(-c2ccccc2)cc1.c1ccc2[nH]ccc2c1.c1ccc2c(c1)CN=N2.c1ccc2ccccc2c1.c1ccc2ncccc2c1.c1ccc2occc2c1.c1ccc2scnc2c1.c1ccccc1.c1ccncc1. The number of aryl methyl sites for hydroxylation is 1. The highest BCUT2D eigenvalue weighted by Gasteiger charge is 2.26. The van der Waals surface area contributed by atoms with Crippen molar-refractivity contribution in [2.24, 2.45) is 23.2 Å². The summed E-state index contributed by atoms with van der Waals surface area (Å²) >= 11 is 1.68. The van der Waals surface area contributed by atoms with Gasteiger partial charge in [0.05, 0.1) is 58.7 Å². The maximum Gasteiger partial charge on any atom is 0.307 e. The number of nitrogens with one attached hydrogen (secondary N) is 4. The Morgan fingerprint density at radius 1 is 0.434 bits per heavy atom. The number of furan rings is 1. The minimum absolute atomic E-state index is 0.0784. The summed E-state index contributed by atoms with van der Waals surface area (Å²) < 4.78 is 8.08. The largest absolute Gasteiger partial charge is 0.481 e. The average molecular weight is 1720 g/mol. The smallest absolute Gasteiger partial charge is 0.307 e. The molecule has 20 aromatic rings. The number of nitrogens with zero attached hydrogens (tertiary/aromatic N) is 9. The summed E-state index contributed by atoms with van der Waals surface area (Å²) in [6.45, 7) is 4.54. The Bertz CT molecular complexity index is 5670. The topological polar surface area (TPSA) is 213 Å². The zero-order valence-corrected chi connectivity index (χ0v) is 73.9. The zero-order valence-electron chi connectivity index (χ0n) is 73.1. The molecular formula is C112H113N13O3S. The molecule has 0 bridgehead atoms. The van der Waals surface area contributed by atoms with E-state index in [1.54, 1.807) is 53.4 Å². The number of pyridine rings is 2. The molecule has 0 spiro atoms. The number of aromatic nitrogens is 9. The van der Waals surface area contributed by atoms with Gasteiger partial charge in [-0.3, -0.25) is 19.4 Å². The third-order valence-corrected chi connectivity index (χ3v) is 21.3. The number of rotatable bonds is 5. The van der Waals surface area contributed by atoms with Gasteiger partial charge in [0.15, 0.2) is 0 Å². The Morgan fingerprint density at radius 2 is 0.961 bits per heavy atom. The van der Waals surface area contributed by atoms with Crippen molar-refractivity contribution >= 4 is 76.8 Å². The minimum Gasteiger partial charge on any atom is -0.481 e. The van der Waals surface area contributed by atoms with Gasteiger partial charge in [0.2, 0.25) is 0 Å². The predicted molar refractivity (Wildman–Crippen MR) is 535 cm³/mol. The summed E-state index contributed by atoms with van der Waals surface area (Å²) in [4.78, 5) is 32.2. The van der Waals surface area contributed by atoms with Crippen LogP contribution in [0.2, 0.25) is 0 Å². The maximum absolute atomic E-state index is 10.5. The van der Waals surface area contributed by atoms with Crippen molar-refractivity contribution in [1.29, 1.82) is 0 Å². The Labute approximate surface area is 761 Å². The molecule has 7 aromatic heterocycles. The number of aliphatic carboxylic acids is 1. The second-order valence-electron chi connectivity index (χ2n) is 29.9. The molecule has 0 amide bonds. The molecule has 13 aromatic carbocycles. The number of carboxylic acids is 1. The van der Waals surface area contributed by atoms with Gasteiger partial charge in [-0.05, 0) is 175 Å². The van der Waals surface area contributed by atoms with Crippen molar-refractivity contribution in [3.63, 3.8) is 0 Å². The highest BCUT2D eigenvalue weighted by molar-refractivity contribution is 7.16. The predicted octanol–water partition coefficient (Wildman–Crippen LogP) is 27.9. The van der Waals surface area contributed by atoms with Crippen LogP contribution in [0.25, 0.3) is 87.3 Å². The molecule has 2 saturated heterocycles. The van der Waals surface area contributed by atoms with Crippen LogP contribution in [0.4, 0.5) is 5.69 Å². The van der Waals surface area contributed by atoms with Crippen LogP contribution in [0.15, 0.2) is 470 Å². The summed E-state index contributed by atoms with van der Waals surface area (Å²) in [6, 6.07) is 132. The van der Waals surface area contributed by atoms with E-state index in [-0.39, 0.29) is 6.42 Å². The quantitative estimate of drug-likeness (QED) is 0.109. The van der Waals surface area contributed by atoms with Crippen LogP contribution < -0.4 is 10.6 Å². The van der Waals surface area contributed by atoms with Crippen molar-refractivity contribution in [2.75, 3.05) is 19.6 Å². The number of hydrogen-bond donors (Lipinski definition) is 5. The number of azo groups is 1. The molecular weight excluding hydrogens is 1610 g/mol. The third kappa shape index (κ3) is 35.9. The second kappa shape index (κ2) is 57.5. The Kier molecular flexibility index (Phi) is 42.2. The molecule has 0 radical (unpaired) electrons. The number of H-pyrrole nitrogens is 2. The van der Waals surface area contributed by atoms with Gasteiger partial charge in [0, 0.05) is 77.7 Å². The van der Waals surface area contributed by atoms with E-state index >= 15 is 0 Å². The van der Waals surface area contributed by atoms with Crippen LogP contribution >= 0.6 is 11.3 Å². The first-order valence-electron chi connectivity index (χ1n) is 43.9. The highest BCUT2D eigenvalue weighted by Crippen LogP contribution is 2.31. The van der Waals surface area contributed by atoms with Crippen LogP contribution in [0.1, 0.15) is 68.9 Å². The monoisotopic (exact) mass is 1720 g/mol. The first-order valence-corrected chi connectivity index (χ1v) is 44.7. The van der Waals surface area contributed by atoms with E-state index in [1.807, 2.05) is 286 Å². The van der Waals surface area contributed by atoms with Gasteiger partial charge in [0.1, 0.15) is 11.3 Å². The lowest BCUT2D eigenvalue weighted by Crippen LogP contribution is -2.42. The van der Waals surface area contributed by atoms with Crippen molar-refractivity contribution in [3.8, 4) is 33.5 Å². The number of piperidine rings is 2. The second-order valence-corrected chi connectivity index (χ2v) is 30.8. The first kappa shape index (κ1) is 94.7. The summed E-state index contributed by atoms with van der Waals surface area (Å²) in [5, 5.41) is 37.5. The average Bonchev–Trinajstić information content (AvgIpc) is 1.62. The molecule has 3 aliphatic heterocycles. The summed E-state index contributed by atoms with van der Waals surface area (Å²) in [5.74, 6) is 0.245. The molecule has 2 atom stereocenters. The van der Waals surface area contributed by atoms with E-state index in [0.29, 0.717) is 0 Å². The Morgan fingerprint density at radius 3 is 1.48 bits per heavy atom. The number of carboxylic acid groups (broad SMARTS) is 1. The molecule has 2 unspecified atom stereocenters. The minimum atomic E-state index is -0.799. The highest BCUT2D eigenvalue weighted by atomic mass is 32.1. The van der Waals surface area contributed by atoms with Gasteiger partial charge < -0.3 is 30.1 Å². The van der Waals surface area contributed by atoms with Gasteiger partial charge in [-0.1, -0.05) is 352 Å². The summed E-state index contributed by atoms with van der Waals surface area (Å²) in [7, 11) is 1.86.